The molecule has 2 rings (SSSR count). The van der Waals surface area contributed by atoms with Crippen LogP contribution in [0, 0.1) is 0 Å². The molecule has 0 aromatic carbocycles. The van der Waals surface area contributed by atoms with Crippen molar-refractivity contribution in [3.05, 3.63) is 45.1 Å². The summed E-state index contributed by atoms with van der Waals surface area (Å²) >= 11 is 1.18. The van der Waals surface area contributed by atoms with E-state index in [9.17, 15) is 4.79 Å². The summed E-state index contributed by atoms with van der Waals surface area (Å²) in [5.74, 6) is 0.566. The Morgan fingerprint density at radius 1 is 1.53 bits per heavy atom. The fourth-order valence-corrected chi connectivity index (χ4v) is 1.83. The topological polar surface area (TPSA) is 44.1 Å². The zero-order chi connectivity index (χ0) is 10.7. The number of hydrogen-bond donors (Lipinski definition) is 0. The molecule has 2 heterocycles. The first kappa shape index (κ1) is 9.92. The number of pyridine rings is 1. The average molecular weight is 222 g/mol. The first-order valence-corrected chi connectivity index (χ1v) is 5.31. The van der Waals surface area contributed by atoms with Gasteiger partial charge in [0.05, 0.1) is 19.3 Å². The van der Waals surface area contributed by atoms with Crippen LogP contribution in [-0.4, -0.2) is 16.7 Å². The Morgan fingerprint density at radius 3 is 3.07 bits per heavy atom. The van der Waals surface area contributed by atoms with Gasteiger partial charge in [-0.25, -0.2) is 4.98 Å². The van der Waals surface area contributed by atoms with Crippen molar-refractivity contribution in [2.24, 2.45) is 0 Å². The van der Waals surface area contributed by atoms with Crippen molar-refractivity contribution in [3.63, 3.8) is 0 Å². The second kappa shape index (κ2) is 4.27. The van der Waals surface area contributed by atoms with Crippen LogP contribution in [-0.2, 0) is 6.54 Å². The Bertz CT molecular complexity index is 504. The first-order valence-electron chi connectivity index (χ1n) is 4.43. The lowest BCUT2D eigenvalue weighted by Crippen LogP contribution is -2.13. The van der Waals surface area contributed by atoms with E-state index in [2.05, 4.69) is 4.98 Å². The second-order valence-electron chi connectivity index (χ2n) is 2.97. The summed E-state index contributed by atoms with van der Waals surface area (Å²) in [6.45, 7) is 0.486. The molecule has 4 nitrogen and oxygen atoms in total. The van der Waals surface area contributed by atoms with Crippen molar-refractivity contribution >= 4 is 11.3 Å². The minimum Gasteiger partial charge on any atom is -0.481 e. The highest BCUT2D eigenvalue weighted by Gasteiger charge is 2.01. The van der Waals surface area contributed by atoms with Gasteiger partial charge >= 0.3 is 4.87 Å². The Balaban J connectivity index is 2.24. The fourth-order valence-electron chi connectivity index (χ4n) is 1.24. The van der Waals surface area contributed by atoms with E-state index < -0.39 is 0 Å². The van der Waals surface area contributed by atoms with Gasteiger partial charge in [-0.2, -0.15) is 0 Å². The molecule has 0 aliphatic carbocycles. The van der Waals surface area contributed by atoms with E-state index in [1.165, 1.54) is 11.3 Å². The average Bonchev–Trinajstić information content (AvgIpc) is 2.65. The molecule has 0 radical (unpaired) electrons. The Kier molecular flexibility index (Phi) is 2.82. The Labute approximate surface area is 90.8 Å². The van der Waals surface area contributed by atoms with Crippen molar-refractivity contribution in [1.29, 1.82) is 0 Å². The van der Waals surface area contributed by atoms with E-state index in [0.717, 1.165) is 5.69 Å². The van der Waals surface area contributed by atoms with Crippen molar-refractivity contribution in [1.82, 2.24) is 9.55 Å². The fraction of sp³-hybridized carbons (Fsp3) is 0.200. The van der Waals surface area contributed by atoms with Gasteiger partial charge in [-0.1, -0.05) is 17.4 Å². The van der Waals surface area contributed by atoms with E-state index in [-0.39, 0.29) is 4.87 Å². The lowest BCUT2D eigenvalue weighted by Gasteiger charge is -2.03. The number of methoxy groups -OCH3 is 1. The summed E-state index contributed by atoms with van der Waals surface area (Å²) in [5.41, 5.74) is 0.815. The highest BCUT2D eigenvalue weighted by atomic mass is 32.1. The quantitative estimate of drug-likeness (QED) is 0.787. The molecular formula is C10H10N2O2S. The van der Waals surface area contributed by atoms with Crippen molar-refractivity contribution in [2.75, 3.05) is 7.11 Å². The van der Waals surface area contributed by atoms with E-state index in [0.29, 0.717) is 12.4 Å². The van der Waals surface area contributed by atoms with Gasteiger partial charge in [-0.05, 0) is 6.07 Å². The van der Waals surface area contributed by atoms with Gasteiger partial charge in [0.15, 0.2) is 0 Å². The van der Waals surface area contributed by atoms with Gasteiger partial charge in [0.25, 0.3) is 0 Å². The van der Waals surface area contributed by atoms with Crippen molar-refractivity contribution in [2.45, 2.75) is 6.54 Å². The standard InChI is InChI=1S/C10H10N2O2S/c1-14-9-4-2-3-8(11-9)7-12-5-6-15-10(12)13/h2-6H,7H2,1H3. The molecule has 0 spiro atoms. The lowest BCUT2D eigenvalue weighted by molar-refractivity contribution is 0.396. The van der Waals surface area contributed by atoms with Crippen LogP contribution < -0.4 is 9.61 Å². The molecule has 15 heavy (non-hydrogen) atoms. The maximum Gasteiger partial charge on any atom is 0.307 e. The lowest BCUT2D eigenvalue weighted by atomic mass is 10.3. The highest BCUT2D eigenvalue weighted by Crippen LogP contribution is 2.07. The summed E-state index contributed by atoms with van der Waals surface area (Å²) in [6, 6.07) is 5.51. The van der Waals surface area contributed by atoms with Gasteiger partial charge in [-0.3, -0.25) is 9.36 Å². The highest BCUT2D eigenvalue weighted by molar-refractivity contribution is 7.07. The summed E-state index contributed by atoms with van der Waals surface area (Å²) in [5, 5.41) is 1.77. The van der Waals surface area contributed by atoms with Gasteiger partial charge in [0, 0.05) is 17.6 Å². The number of nitrogens with zero attached hydrogens (tertiary/aromatic N) is 2. The van der Waals surface area contributed by atoms with Gasteiger partial charge in [0.2, 0.25) is 5.88 Å². The zero-order valence-electron chi connectivity index (χ0n) is 8.21. The molecular weight excluding hydrogens is 212 g/mol. The van der Waals surface area contributed by atoms with E-state index >= 15 is 0 Å². The SMILES string of the molecule is COc1cccc(Cn2ccsc2=O)n1. The third kappa shape index (κ3) is 2.24. The smallest absolute Gasteiger partial charge is 0.307 e. The maximum atomic E-state index is 11.3. The molecule has 0 unspecified atom stereocenters. The molecule has 0 fully saturated rings. The molecule has 0 aliphatic rings. The van der Waals surface area contributed by atoms with Gasteiger partial charge in [-0.15, -0.1) is 0 Å². The molecule has 0 bridgehead atoms. The van der Waals surface area contributed by atoms with Crippen LogP contribution in [0.5, 0.6) is 5.88 Å². The molecule has 78 valence electrons. The van der Waals surface area contributed by atoms with Crippen LogP contribution in [0.15, 0.2) is 34.6 Å². The second-order valence-corrected chi connectivity index (χ2v) is 3.83. The molecule has 0 amide bonds. The van der Waals surface area contributed by atoms with Crippen LogP contribution >= 0.6 is 11.3 Å². The summed E-state index contributed by atoms with van der Waals surface area (Å²) in [7, 11) is 1.57. The molecule has 2 aromatic rings. The molecule has 0 atom stereocenters. The van der Waals surface area contributed by atoms with Crippen molar-refractivity contribution in [3.8, 4) is 5.88 Å². The molecule has 0 saturated heterocycles. The minimum absolute atomic E-state index is 0.0274. The molecule has 5 heteroatoms. The number of aromatic nitrogens is 2. The predicted molar refractivity (Wildman–Crippen MR) is 58.5 cm³/mol. The number of rotatable bonds is 3. The number of ether oxygens (including phenoxy) is 1. The van der Waals surface area contributed by atoms with Crippen LogP contribution in [0.4, 0.5) is 0 Å². The summed E-state index contributed by atoms with van der Waals surface area (Å²) in [4.78, 5) is 15.6. The summed E-state index contributed by atoms with van der Waals surface area (Å²) in [6.07, 6.45) is 1.76. The zero-order valence-corrected chi connectivity index (χ0v) is 9.03. The molecule has 2 aromatic heterocycles. The Morgan fingerprint density at radius 2 is 2.40 bits per heavy atom. The Hall–Kier alpha value is -1.62. The number of thiazole rings is 1. The third-order valence-electron chi connectivity index (χ3n) is 1.97. The van der Waals surface area contributed by atoms with E-state index in [1.54, 1.807) is 29.3 Å². The van der Waals surface area contributed by atoms with Crippen LogP contribution in [0.3, 0.4) is 0 Å². The van der Waals surface area contributed by atoms with E-state index in [1.807, 2.05) is 12.1 Å². The summed E-state index contributed by atoms with van der Waals surface area (Å²) < 4.78 is 6.63. The van der Waals surface area contributed by atoms with E-state index in [4.69, 9.17) is 4.74 Å². The molecule has 0 N–H and O–H groups in total. The largest absolute Gasteiger partial charge is 0.481 e. The first-order chi connectivity index (χ1) is 7.29. The van der Waals surface area contributed by atoms with Gasteiger partial charge in [0.1, 0.15) is 0 Å². The normalized spacial score (nSPS) is 10.2. The third-order valence-corrected chi connectivity index (χ3v) is 2.66. The van der Waals surface area contributed by atoms with Crippen LogP contribution in [0.25, 0.3) is 0 Å². The van der Waals surface area contributed by atoms with Crippen LogP contribution in [0.1, 0.15) is 5.69 Å². The van der Waals surface area contributed by atoms with Crippen molar-refractivity contribution < 1.29 is 4.74 Å². The van der Waals surface area contributed by atoms with Crippen LogP contribution in [0.2, 0.25) is 0 Å². The minimum atomic E-state index is 0.0274. The maximum absolute atomic E-state index is 11.3. The number of hydrogen-bond acceptors (Lipinski definition) is 4. The predicted octanol–water partition coefficient (Wildman–Crippen LogP) is 1.36. The molecule has 0 saturated carbocycles. The molecule has 0 aliphatic heterocycles. The van der Waals surface area contributed by atoms with Gasteiger partial charge < -0.3 is 4.74 Å². The monoisotopic (exact) mass is 222 g/mol.